The summed E-state index contributed by atoms with van der Waals surface area (Å²) in [7, 11) is 0. The molecule has 1 radical (unpaired) electrons. The number of hydrogen-bond donors (Lipinski definition) is 1. The minimum absolute atomic E-state index is 0.0243. The third kappa shape index (κ3) is 2.26. The Morgan fingerprint density at radius 1 is 1.36 bits per heavy atom. The second kappa shape index (κ2) is 5.01. The minimum atomic E-state index is 0.0243. The van der Waals surface area contributed by atoms with Crippen LogP contribution < -0.4 is 4.74 Å². The van der Waals surface area contributed by atoms with E-state index in [9.17, 15) is 0 Å². The Labute approximate surface area is 85.5 Å². The number of para-hydroxylation sites is 1. The number of hydrogen-bond acceptors (Lipinski definition) is 2. The SMILES string of the molecule is CCOc1c(CO)cccc1[C](C)C. The summed E-state index contributed by atoms with van der Waals surface area (Å²) >= 11 is 0. The van der Waals surface area contributed by atoms with Crippen LogP contribution in [0.5, 0.6) is 5.75 Å². The van der Waals surface area contributed by atoms with Gasteiger partial charge >= 0.3 is 0 Å². The van der Waals surface area contributed by atoms with Crippen LogP contribution >= 0.6 is 0 Å². The smallest absolute Gasteiger partial charge is 0.128 e. The van der Waals surface area contributed by atoms with Gasteiger partial charge in [0.05, 0.1) is 13.2 Å². The minimum Gasteiger partial charge on any atom is -0.493 e. The van der Waals surface area contributed by atoms with Gasteiger partial charge < -0.3 is 9.84 Å². The van der Waals surface area contributed by atoms with Crippen molar-refractivity contribution in [1.82, 2.24) is 0 Å². The van der Waals surface area contributed by atoms with Crippen LogP contribution in [0.4, 0.5) is 0 Å². The molecular formula is C12H17O2. The Morgan fingerprint density at radius 3 is 2.57 bits per heavy atom. The first-order chi connectivity index (χ1) is 6.70. The predicted octanol–water partition coefficient (Wildman–Crippen LogP) is 2.54. The molecule has 2 nitrogen and oxygen atoms in total. The van der Waals surface area contributed by atoms with E-state index in [-0.39, 0.29) is 6.61 Å². The zero-order chi connectivity index (χ0) is 10.6. The molecule has 1 aromatic carbocycles. The molecule has 1 N–H and O–H groups in total. The maximum Gasteiger partial charge on any atom is 0.128 e. The van der Waals surface area contributed by atoms with Gasteiger partial charge in [0.1, 0.15) is 5.75 Å². The van der Waals surface area contributed by atoms with E-state index in [4.69, 9.17) is 9.84 Å². The van der Waals surface area contributed by atoms with Crippen molar-refractivity contribution >= 4 is 0 Å². The molecule has 0 aliphatic carbocycles. The van der Waals surface area contributed by atoms with E-state index in [1.54, 1.807) is 0 Å². The highest BCUT2D eigenvalue weighted by atomic mass is 16.5. The fourth-order valence-electron chi connectivity index (χ4n) is 1.42. The zero-order valence-corrected chi connectivity index (χ0v) is 9.00. The molecule has 0 amide bonds. The molecule has 0 atom stereocenters. The summed E-state index contributed by atoms with van der Waals surface area (Å²) in [4.78, 5) is 0. The molecule has 0 saturated heterocycles. The second-order valence-electron chi connectivity index (χ2n) is 3.38. The maximum atomic E-state index is 9.16. The van der Waals surface area contributed by atoms with Gasteiger partial charge in [-0.15, -0.1) is 0 Å². The van der Waals surface area contributed by atoms with Gasteiger partial charge in [-0.3, -0.25) is 0 Å². The average molecular weight is 193 g/mol. The van der Waals surface area contributed by atoms with Gasteiger partial charge in [0.25, 0.3) is 0 Å². The van der Waals surface area contributed by atoms with E-state index in [1.807, 2.05) is 39.0 Å². The quantitative estimate of drug-likeness (QED) is 0.796. The Balaban J connectivity index is 3.13. The van der Waals surface area contributed by atoms with Crippen LogP contribution in [-0.4, -0.2) is 11.7 Å². The molecule has 0 aromatic heterocycles. The van der Waals surface area contributed by atoms with Crippen molar-refractivity contribution in [2.75, 3.05) is 6.61 Å². The summed E-state index contributed by atoms with van der Waals surface area (Å²) < 4.78 is 5.54. The lowest BCUT2D eigenvalue weighted by molar-refractivity contribution is 0.266. The van der Waals surface area contributed by atoms with Crippen LogP contribution in [0.25, 0.3) is 0 Å². The lowest BCUT2D eigenvalue weighted by Gasteiger charge is -2.15. The topological polar surface area (TPSA) is 29.5 Å². The van der Waals surface area contributed by atoms with Gasteiger partial charge in [0.15, 0.2) is 0 Å². The van der Waals surface area contributed by atoms with Gasteiger partial charge in [-0.2, -0.15) is 0 Å². The van der Waals surface area contributed by atoms with E-state index in [2.05, 4.69) is 0 Å². The fraction of sp³-hybridized carbons (Fsp3) is 0.417. The van der Waals surface area contributed by atoms with Crippen molar-refractivity contribution in [3.63, 3.8) is 0 Å². The van der Waals surface area contributed by atoms with Gasteiger partial charge in [-0.05, 0) is 6.92 Å². The molecule has 0 unspecified atom stereocenters. The van der Waals surface area contributed by atoms with Crippen LogP contribution in [0.1, 0.15) is 31.9 Å². The predicted molar refractivity (Wildman–Crippen MR) is 57.2 cm³/mol. The summed E-state index contributed by atoms with van der Waals surface area (Å²) in [6.07, 6.45) is 0. The van der Waals surface area contributed by atoms with Crippen molar-refractivity contribution < 1.29 is 9.84 Å². The first kappa shape index (κ1) is 11.1. The van der Waals surface area contributed by atoms with Crippen LogP contribution in [-0.2, 0) is 6.61 Å². The molecule has 1 aromatic rings. The average Bonchev–Trinajstić information content (AvgIpc) is 2.18. The number of aliphatic hydroxyl groups is 1. The Bertz CT molecular complexity index is 292. The second-order valence-corrected chi connectivity index (χ2v) is 3.38. The van der Waals surface area contributed by atoms with Crippen molar-refractivity contribution in [3.8, 4) is 5.75 Å². The summed E-state index contributed by atoms with van der Waals surface area (Å²) in [5.74, 6) is 2.02. The largest absolute Gasteiger partial charge is 0.493 e. The van der Waals surface area contributed by atoms with Crippen molar-refractivity contribution in [2.45, 2.75) is 27.4 Å². The summed E-state index contributed by atoms with van der Waals surface area (Å²) in [5, 5.41) is 9.16. The van der Waals surface area contributed by atoms with E-state index in [0.29, 0.717) is 6.61 Å². The molecule has 0 spiro atoms. The molecule has 14 heavy (non-hydrogen) atoms. The molecule has 0 fully saturated rings. The molecule has 77 valence electrons. The molecule has 1 rings (SSSR count). The van der Waals surface area contributed by atoms with E-state index in [1.165, 1.54) is 5.92 Å². The van der Waals surface area contributed by atoms with E-state index < -0.39 is 0 Å². The van der Waals surface area contributed by atoms with Crippen molar-refractivity contribution in [1.29, 1.82) is 0 Å². The first-order valence-corrected chi connectivity index (χ1v) is 4.86. The normalized spacial score (nSPS) is 10.6. The Hall–Kier alpha value is -1.02. The number of ether oxygens (including phenoxy) is 1. The molecule has 0 aliphatic rings. The maximum absolute atomic E-state index is 9.16. The highest BCUT2D eigenvalue weighted by molar-refractivity contribution is 5.47. The Morgan fingerprint density at radius 2 is 2.07 bits per heavy atom. The van der Waals surface area contributed by atoms with Gasteiger partial charge in [0.2, 0.25) is 0 Å². The van der Waals surface area contributed by atoms with E-state index >= 15 is 0 Å². The van der Waals surface area contributed by atoms with Gasteiger partial charge in [-0.25, -0.2) is 0 Å². The number of aliphatic hydroxyl groups excluding tert-OH is 1. The fourth-order valence-corrected chi connectivity index (χ4v) is 1.42. The lowest BCUT2D eigenvalue weighted by Crippen LogP contribution is -2.02. The molecule has 0 saturated carbocycles. The van der Waals surface area contributed by atoms with Crippen molar-refractivity contribution in [3.05, 3.63) is 35.2 Å². The standard InChI is InChI=1S/C12H17O2/c1-4-14-12-10(8-13)6-5-7-11(12)9(2)3/h5-7,13H,4,8H2,1-3H3. The Kier molecular flexibility index (Phi) is 3.96. The molecule has 0 bridgehead atoms. The van der Waals surface area contributed by atoms with Crippen LogP contribution in [0, 0.1) is 5.92 Å². The van der Waals surface area contributed by atoms with Gasteiger partial charge in [0, 0.05) is 17.0 Å². The summed E-state index contributed by atoms with van der Waals surface area (Å²) in [5.41, 5.74) is 1.93. The van der Waals surface area contributed by atoms with Gasteiger partial charge in [-0.1, -0.05) is 32.0 Å². The monoisotopic (exact) mass is 193 g/mol. The molecule has 0 heterocycles. The lowest BCUT2D eigenvalue weighted by atomic mass is 9.99. The molecule has 2 heteroatoms. The number of benzene rings is 1. The molecular weight excluding hydrogens is 176 g/mol. The number of rotatable bonds is 4. The highest BCUT2D eigenvalue weighted by Gasteiger charge is 2.11. The van der Waals surface area contributed by atoms with E-state index in [0.717, 1.165) is 16.9 Å². The zero-order valence-electron chi connectivity index (χ0n) is 9.00. The van der Waals surface area contributed by atoms with Crippen LogP contribution in [0.2, 0.25) is 0 Å². The van der Waals surface area contributed by atoms with Crippen LogP contribution in [0.3, 0.4) is 0 Å². The van der Waals surface area contributed by atoms with Crippen molar-refractivity contribution in [2.24, 2.45) is 0 Å². The third-order valence-corrected chi connectivity index (χ3v) is 2.09. The summed E-state index contributed by atoms with van der Waals surface area (Å²) in [6.45, 7) is 6.68. The highest BCUT2D eigenvalue weighted by Crippen LogP contribution is 2.29. The van der Waals surface area contributed by atoms with Crippen LogP contribution in [0.15, 0.2) is 18.2 Å². The third-order valence-electron chi connectivity index (χ3n) is 2.09. The summed E-state index contributed by atoms with van der Waals surface area (Å²) in [6, 6.07) is 5.84. The first-order valence-electron chi connectivity index (χ1n) is 4.86. The molecule has 0 aliphatic heterocycles.